The fourth-order valence-corrected chi connectivity index (χ4v) is 4.16. The van der Waals surface area contributed by atoms with Gasteiger partial charge in [-0.25, -0.2) is 0 Å². The molecule has 0 aromatic carbocycles. The van der Waals surface area contributed by atoms with Gasteiger partial charge in [-0.3, -0.25) is 9.79 Å². The standard InChI is InChI=1S/C23H38N4O3.HI/c1-2-24-23(25-13-7-4-8-18-29-20-10-5-3-6-11-20)27-16-14-26(15-17-27)22(28)21-12-9-19-30-21;/h9,12,19-20H,2-8,10-11,13-18H2,1H3,(H,24,25);1H. The van der Waals surface area contributed by atoms with Crippen LogP contribution in [-0.2, 0) is 4.74 Å². The maximum atomic E-state index is 12.4. The van der Waals surface area contributed by atoms with Gasteiger partial charge in [-0.05, 0) is 51.2 Å². The minimum Gasteiger partial charge on any atom is -0.459 e. The van der Waals surface area contributed by atoms with Gasteiger partial charge in [0.25, 0.3) is 5.91 Å². The first-order valence-electron chi connectivity index (χ1n) is 11.8. The van der Waals surface area contributed by atoms with Crippen LogP contribution in [0, 0.1) is 0 Å². The van der Waals surface area contributed by atoms with Gasteiger partial charge in [0.15, 0.2) is 11.7 Å². The van der Waals surface area contributed by atoms with Gasteiger partial charge in [-0.1, -0.05) is 19.3 Å². The number of ether oxygens (including phenoxy) is 1. The lowest BCUT2D eigenvalue weighted by Crippen LogP contribution is -2.53. The van der Waals surface area contributed by atoms with Crippen LogP contribution in [0.2, 0.25) is 0 Å². The average Bonchev–Trinajstić information content (AvgIpc) is 3.33. The van der Waals surface area contributed by atoms with Gasteiger partial charge in [-0.2, -0.15) is 0 Å². The predicted molar refractivity (Wildman–Crippen MR) is 134 cm³/mol. The van der Waals surface area contributed by atoms with Crippen LogP contribution in [-0.4, -0.2) is 73.6 Å². The van der Waals surface area contributed by atoms with Crippen molar-refractivity contribution in [3.8, 4) is 0 Å². The molecule has 0 bridgehead atoms. The normalized spacial score (nSPS) is 18.0. The minimum absolute atomic E-state index is 0. The minimum atomic E-state index is -0.0305. The predicted octanol–water partition coefficient (Wildman–Crippen LogP) is 4.14. The molecule has 31 heavy (non-hydrogen) atoms. The Hall–Kier alpha value is -1.29. The summed E-state index contributed by atoms with van der Waals surface area (Å²) in [6.07, 6.45) is 11.9. The summed E-state index contributed by atoms with van der Waals surface area (Å²) in [7, 11) is 0. The van der Waals surface area contributed by atoms with Crippen LogP contribution < -0.4 is 5.32 Å². The Morgan fingerprint density at radius 1 is 1.13 bits per heavy atom. The quantitative estimate of drug-likeness (QED) is 0.218. The highest BCUT2D eigenvalue weighted by molar-refractivity contribution is 14.0. The lowest BCUT2D eigenvalue weighted by molar-refractivity contribution is 0.0264. The molecule has 2 heterocycles. The zero-order valence-corrected chi connectivity index (χ0v) is 21.2. The number of furan rings is 1. The van der Waals surface area contributed by atoms with Crippen LogP contribution in [0.3, 0.4) is 0 Å². The van der Waals surface area contributed by atoms with Crippen molar-refractivity contribution in [3.05, 3.63) is 24.2 Å². The number of unbranched alkanes of at least 4 members (excludes halogenated alkanes) is 2. The summed E-state index contributed by atoms with van der Waals surface area (Å²) < 4.78 is 11.2. The number of amides is 1. The number of guanidine groups is 1. The van der Waals surface area contributed by atoms with Crippen molar-refractivity contribution in [2.24, 2.45) is 4.99 Å². The van der Waals surface area contributed by atoms with E-state index < -0.39 is 0 Å². The number of halogens is 1. The molecule has 2 aliphatic rings. The number of nitrogens with zero attached hydrogens (tertiary/aromatic N) is 3. The molecule has 0 radical (unpaired) electrons. The largest absolute Gasteiger partial charge is 0.459 e. The number of aliphatic imine (C=N–C) groups is 1. The number of carbonyl (C=O) groups excluding carboxylic acids is 1. The Kier molecular flexibility index (Phi) is 12.3. The van der Waals surface area contributed by atoms with E-state index in [1.807, 2.05) is 4.90 Å². The van der Waals surface area contributed by atoms with Gasteiger partial charge in [-0.15, -0.1) is 24.0 Å². The van der Waals surface area contributed by atoms with E-state index >= 15 is 0 Å². The summed E-state index contributed by atoms with van der Waals surface area (Å²) in [5.41, 5.74) is 0. The molecule has 1 aliphatic heterocycles. The first-order chi connectivity index (χ1) is 14.8. The van der Waals surface area contributed by atoms with E-state index in [1.54, 1.807) is 18.4 Å². The Bertz CT molecular complexity index is 639. The summed E-state index contributed by atoms with van der Waals surface area (Å²) in [5, 5.41) is 3.40. The first-order valence-corrected chi connectivity index (χ1v) is 11.8. The van der Waals surface area contributed by atoms with Crippen molar-refractivity contribution in [2.75, 3.05) is 45.9 Å². The van der Waals surface area contributed by atoms with Crippen LogP contribution in [0.15, 0.2) is 27.8 Å². The summed E-state index contributed by atoms with van der Waals surface area (Å²) in [4.78, 5) is 21.3. The maximum Gasteiger partial charge on any atom is 0.289 e. The maximum absolute atomic E-state index is 12.4. The van der Waals surface area contributed by atoms with Gasteiger partial charge >= 0.3 is 0 Å². The van der Waals surface area contributed by atoms with Crippen molar-refractivity contribution in [1.29, 1.82) is 0 Å². The second kappa shape index (κ2) is 14.7. The highest BCUT2D eigenvalue weighted by Gasteiger charge is 2.25. The van der Waals surface area contributed by atoms with E-state index in [0.717, 1.165) is 58.0 Å². The zero-order valence-electron chi connectivity index (χ0n) is 18.9. The molecule has 0 atom stereocenters. The van der Waals surface area contributed by atoms with Crippen LogP contribution in [0.1, 0.15) is 68.8 Å². The third-order valence-corrected chi connectivity index (χ3v) is 5.90. The third-order valence-electron chi connectivity index (χ3n) is 5.90. The van der Waals surface area contributed by atoms with Crippen LogP contribution >= 0.6 is 24.0 Å². The van der Waals surface area contributed by atoms with E-state index in [4.69, 9.17) is 14.1 Å². The molecule has 1 N–H and O–H groups in total. The second-order valence-corrected chi connectivity index (χ2v) is 8.18. The molecule has 1 saturated heterocycles. The Balaban J connectivity index is 0.00000341. The van der Waals surface area contributed by atoms with Gasteiger partial charge in [0.1, 0.15) is 0 Å². The molecule has 176 valence electrons. The van der Waals surface area contributed by atoms with Crippen molar-refractivity contribution in [1.82, 2.24) is 15.1 Å². The number of rotatable bonds is 9. The summed E-state index contributed by atoms with van der Waals surface area (Å²) in [6.45, 7) is 7.59. The number of carbonyl (C=O) groups is 1. The molecule has 1 saturated carbocycles. The fraction of sp³-hybridized carbons (Fsp3) is 0.739. The highest BCUT2D eigenvalue weighted by Crippen LogP contribution is 2.20. The Morgan fingerprint density at radius 3 is 2.55 bits per heavy atom. The topological polar surface area (TPSA) is 70.3 Å². The van der Waals surface area contributed by atoms with Crippen LogP contribution in [0.5, 0.6) is 0 Å². The first kappa shape index (κ1) is 26.0. The molecular formula is C23H39IN4O3. The smallest absolute Gasteiger partial charge is 0.289 e. The van der Waals surface area contributed by atoms with E-state index in [9.17, 15) is 4.79 Å². The number of hydrogen-bond acceptors (Lipinski definition) is 4. The van der Waals surface area contributed by atoms with E-state index in [1.165, 1.54) is 32.1 Å². The number of nitrogens with one attached hydrogen (secondary N) is 1. The average molecular weight is 546 g/mol. The number of hydrogen-bond donors (Lipinski definition) is 1. The highest BCUT2D eigenvalue weighted by atomic mass is 127. The molecule has 3 rings (SSSR count). The SMILES string of the molecule is CCNC(=NCCCCCOC1CCCCC1)N1CCN(C(=O)c2ccco2)CC1.I. The van der Waals surface area contributed by atoms with Gasteiger partial charge in [0.2, 0.25) is 0 Å². The van der Waals surface area contributed by atoms with Crippen LogP contribution in [0.4, 0.5) is 0 Å². The van der Waals surface area contributed by atoms with E-state index in [-0.39, 0.29) is 29.9 Å². The Labute approximate surface area is 204 Å². The molecule has 1 aromatic rings. The summed E-state index contributed by atoms with van der Waals surface area (Å²) in [6, 6.07) is 3.47. The van der Waals surface area contributed by atoms with Crippen molar-refractivity contribution in [2.45, 2.75) is 64.4 Å². The molecule has 7 nitrogen and oxygen atoms in total. The molecule has 0 unspecified atom stereocenters. The van der Waals surface area contributed by atoms with Crippen molar-refractivity contribution in [3.63, 3.8) is 0 Å². The van der Waals surface area contributed by atoms with E-state index in [0.29, 0.717) is 25.0 Å². The van der Waals surface area contributed by atoms with Crippen LogP contribution in [0.25, 0.3) is 0 Å². The Morgan fingerprint density at radius 2 is 1.87 bits per heavy atom. The van der Waals surface area contributed by atoms with Crippen molar-refractivity contribution < 1.29 is 13.9 Å². The molecular weight excluding hydrogens is 507 g/mol. The molecule has 8 heteroatoms. The molecule has 2 fully saturated rings. The summed E-state index contributed by atoms with van der Waals surface area (Å²) >= 11 is 0. The molecule has 1 amide bonds. The van der Waals surface area contributed by atoms with Gasteiger partial charge in [0.05, 0.1) is 12.4 Å². The van der Waals surface area contributed by atoms with Gasteiger partial charge < -0.3 is 24.3 Å². The monoisotopic (exact) mass is 546 g/mol. The molecule has 1 aromatic heterocycles. The third kappa shape index (κ3) is 8.63. The lowest BCUT2D eigenvalue weighted by atomic mass is 9.98. The second-order valence-electron chi connectivity index (χ2n) is 8.18. The summed E-state index contributed by atoms with van der Waals surface area (Å²) in [5.74, 6) is 1.34. The lowest BCUT2D eigenvalue weighted by Gasteiger charge is -2.36. The fourth-order valence-electron chi connectivity index (χ4n) is 4.16. The zero-order chi connectivity index (χ0) is 21.0. The molecule has 1 aliphatic carbocycles. The number of piperazine rings is 1. The van der Waals surface area contributed by atoms with E-state index in [2.05, 4.69) is 17.1 Å². The van der Waals surface area contributed by atoms with Gasteiger partial charge in [0, 0.05) is 45.9 Å². The molecule has 0 spiro atoms. The van der Waals surface area contributed by atoms with Crippen molar-refractivity contribution >= 4 is 35.8 Å².